The van der Waals surface area contributed by atoms with Gasteiger partial charge in [-0.2, -0.15) is 8.42 Å². The first-order valence-corrected chi connectivity index (χ1v) is 3.73. The van der Waals surface area contributed by atoms with Gasteiger partial charge >= 0.3 is 51.4 Å². The van der Waals surface area contributed by atoms with E-state index < -0.39 is 10.1 Å². The molecule has 6 heteroatoms. The van der Waals surface area contributed by atoms with Gasteiger partial charge in [-0.1, -0.05) is 0 Å². The first-order valence-electron chi connectivity index (χ1n) is 2.12. The zero-order valence-electron chi connectivity index (χ0n) is 5.24. The second-order valence-corrected chi connectivity index (χ2v) is 2.94. The Labute approximate surface area is 96.8 Å². The van der Waals surface area contributed by atoms with Gasteiger partial charge in [0, 0.05) is 6.61 Å². The Bertz CT molecular complexity index is 140. The van der Waals surface area contributed by atoms with Gasteiger partial charge in [0.1, 0.15) is 0 Å². The molecule has 0 fully saturated rings. The van der Waals surface area contributed by atoms with E-state index in [1.165, 1.54) is 0 Å². The van der Waals surface area contributed by atoms with Crippen LogP contribution in [0.2, 0.25) is 0 Å². The summed E-state index contributed by atoms with van der Waals surface area (Å²) in [4.78, 5) is 0. The van der Waals surface area contributed by atoms with Gasteiger partial charge in [-0.15, -0.1) is 0 Å². The van der Waals surface area contributed by atoms with Crippen LogP contribution in [0.1, 0.15) is 6.42 Å². The molecular formula is C3H8KO4S+. The van der Waals surface area contributed by atoms with Crippen molar-refractivity contribution in [3.05, 3.63) is 0 Å². The summed E-state index contributed by atoms with van der Waals surface area (Å²) < 4.78 is 27.7. The third kappa shape index (κ3) is 12.7. The number of rotatable bonds is 3. The molecule has 0 bridgehead atoms. The summed E-state index contributed by atoms with van der Waals surface area (Å²) >= 11 is 0. The molecule has 0 aromatic carbocycles. The normalized spacial score (nSPS) is 10.4. The summed E-state index contributed by atoms with van der Waals surface area (Å²) in [6.45, 7) is -0.209. The molecule has 0 radical (unpaired) electrons. The molecule has 2 N–H and O–H groups in total. The van der Waals surface area contributed by atoms with Crippen LogP contribution >= 0.6 is 0 Å². The minimum atomic E-state index is -3.85. The standard InChI is InChI=1S/C3H8O4S.K/c4-2-1-3-8(5,6)7;/h4H,1-3H2,(H,5,6,7);/q;+1. The molecule has 0 spiro atoms. The minimum Gasteiger partial charge on any atom is -0.396 e. The average Bonchev–Trinajstić information content (AvgIpc) is 1.59. The largest absolute Gasteiger partial charge is 1.00 e. The number of hydrogen-bond donors (Lipinski definition) is 2. The van der Waals surface area contributed by atoms with E-state index in [9.17, 15) is 8.42 Å². The fourth-order valence-corrected chi connectivity index (χ4v) is 0.741. The van der Waals surface area contributed by atoms with Gasteiger partial charge in [-0.25, -0.2) is 0 Å². The summed E-state index contributed by atoms with van der Waals surface area (Å²) in [6.07, 6.45) is 0.0961. The Morgan fingerprint density at radius 1 is 1.33 bits per heavy atom. The topological polar surface area (TPSA) is 74.6 Å². The smallest absolute Gasteiger partial charge is 0.396 e. The Morgan fingerprint density at radius 3 is 1.89 bits per heavy atom. The third-order valence-corrected chi connectivity index (χ3v) is 1.36. The van der Waals surface area contributed by atoms with Gasteiger partial charge in [0.25, 0.3) is 10.1 Å². The van der Waals surface area contributed by atoms with Crippen molar-refractivity contribution < 1.29 is 69.5 Å². The third-order valence-electron chi connectivity index (χ3n) is 0.560. The van der Waals surface area contributed by atoms with Crippen LogP contribution in [-0.2, 0) is 10.1 Å². The Hall–Kier alpha value is 1.51. The molecule has 0 amide bonds. The molecule has 0 aliphatic rings. The fraction of sp³-hybridized carbons (Fsp3) is 1.00. The van der Waals surface area contributed by atoms with Crippen molar-refractivity contribution in [1.82, 2.24) is 0 Å². The second-order valence-electron chi connectivity index (χ2n) is 1.36. The summed E-state index contributed by atoms with van der Waals surface area (Å²) in [5.74, 6) is -0.358. The van der Waals surface area contributed by atoms with Gasteiger partial charge < -0.3 is 5.11 Å². The van der Waals surface area contributed by atoms with Crippen molar-refractivity contribution in [1.29, 1.82) is 0 Å². The molecule has 0 aliphatic carbocycles. The van der Waals surface area contributed by atoms with Crippen LogP contribution in [0.25, 0.3) is 0 Å². The molecule has 0 saturated heterocycles. The molecule has 0 saturated carbocycles. The van der Waals surface area contributed by atoms with Crippen LogP contribution in [0, 0.1) is 0 Å². The maximum atomic E-state index is 9.83. The zero-order valence-corrected chi connectivity index (χ0v) is 9.18. The molecule has 50 valence electrons. The van der Waals surface area contributed by atoms with Crippen LogP contribution in [0.15, 0.2) is 0 Å². The zero-order chi connectivity index (χ0) is 6.62. The van der Waals surface area contributed by atoms with Gasteiger partial charge in [-0.3, -0.25) is 4.55 Å². The summed E-state index contributed by atoms with van der Waals surface area (Å²) in [5.41, 5.74) is 0. The van der Waals surface area contributed by atoms with Gasteiger partial charge in [0.15, 0.2) is 0 Å². The van der Waals surface area contributed by atoms with Gasteiger partial charge in [-0.05, 0) is 6.42 Å². The summed E-state index contributed by atoms with van der Waals surface area (Å²) in [5, 5.41) is 8.05. The van der Waals surface area contributed by atoms with E-state index in [1.807, 2.05) is 0 Å². The fourth-order valence-electron chi connectivity index (χ4n) is 0.247. The van der Waals surface area contributed by atoms with Crippen molar-refractivity contribution in [2.75, 3.05) is 12.4 Å². The number of aliphatic hydroxyl groups is 1. The van der Waals surface area contributed by atoms with Crippen molar-refractivity contribution in [2.45, 2.75) is 6.42 Å². The monoisotopic (exact) mass is 179 g/mol. The molecule has 0 heterocycles. The molecule has 0 aliphatic heterocycles. The predicted octanol–water partition coefficient (Wildman–Crippen LogP) is -3.74. The maximum Gasteiger partial charge on any atom is 1.00 e. The van der Waals surface area contributed by atoms with E-state index in [0.29, 0.717) is 0 Å². The van der Waals surface area contributed by atoms with Crippen LogP contribution < -0.4 is 51.4 Å². The van der Waals surface area contributed by atoms with Crippen LogP contribution in [0.4, 0.5) is 0 Å². The molecular weight excluding hydrogens is 171 g/mol. The molecule has 0 aromatic heterocycles. The van der Waals surface area contributed by atoms with Gasteiger partial charge in [0.2, 0.25) is 0 Å². The van der Waals surface area contributed by atoms with Crippen molar-refractivity contribution >= 4 is 10.1 Å². The van der Waals surface area contributed by atoms with E-state index >= 15 is 0 Å². The summed E-state index contributed by atoms with van der Waals surface area (Å²) in [6, 6.07) is 0. The van der Waals surface area contributed by atoms with Crippen molar-refractivity contribution in [3.8, 4) is 0 Å². The van der Waals surface area contributed by atoms with Crippen LogP contribution in [0.3, 0.4) is 0 Å². The SMILES string of the molecule is O=S(=O)(O)CCCO.[K+]. The number of hydrogen-bond acceptors (Lipinski definition) is 3. The molecule has 0 rings (SSSR count). The first-order chi connectivity index (χ1) is 3.56. The molecule has 9 heavy (non-hydrogen) atoms. The summed E-state index contributed by atoms with van der Waals surface area (Å²) in [7, 11) is -3.85. The number of aliphatic hydroxyl groups excluding tert-OH is 1. The van der Waals surface area contributed by atoms with Crippen molar-refractivity contribution in [3.63, 3.8) is 0 Å². The van der Waals surface area contributed by atoms with Crippen molar-refractivity contribution in [2.24, 2.45) is 0 Å². The second kappa shape index (κ2) is 6.23. The molecule has 0 aromatic rings. The Balaban J connectivity index is 0. The Morgan fingerprint density at radius 2 is 1.78 bits per heavy atom. The minimum absolute atomic E-state index is 0. The van der Waals surface area contributed by atoms with Crippen LogP contribution in [0.5, 0.6) is 0 Å². The Kier molecular flexibility index (Phi) is 9.09. The van der Waals surface area contributed by atoms with E-state index in [1.54, 1.807) is 0 Å². The predicted molar refractivity (Wildman–Crippen MR) is 28.1 cm³/mol. The quantitative estimate of drug-likeness (QED) is 0.345. The maximum absolute atomic E-state index is 9.83. The van der Waals surface area contributed by atoms with Gasteiger partial charge in [0.05, 0.1) is 5.75 Å². The van der Waals surface area contributed by atoms with E-state index in [4.69, 9.17) is 9.66 Å². The van der Waals surface area contributed by atoms with E-state index in [2.05, 4.69) is 0 Å². The van der Waals surface area contributed by atoms with E-state index in [-0.39, 0.29) is 70.2 Å². The van der Waals surface area contributed by atoms with E-state index in [0.717, 1.165) is 0 Å². The molecule has 4 nitrogen and oxygen atoms in total. The average molecular weight is 179 g/mol. The molecule has 0 atom stereocenters. The molecule has 0 unspecified atom stereocenters. The van der Waals surface area contributed by atoms with Crippen LogP contribution in [-0.4, -0.2) is 30.4 Å². The first kappa shape index (κ1) is 13.1.